The van der Waals surface area contributed by atoms with Crippen LogP contribution in [-0.4, -0.2) is 54.2 Å². The zero-order valence-electron chi connectivity index (χ0n) is 13.8. The summed E-state index contributed by atoms with van der Waals surface area (Å²) in [7, 11) is -4.06. The number of carbonyl (C=O) groups is 2. The molecule has 0 bridgehead atoms. The molecule has 0 spiro atoms. The number of carbonyl (C=O) groups excluding carboxylic acids is 1. The van der Waals surface area contributed by atoms with Gasteiger partial charge in [0.05, 0.1) is 21.2 Å². The molecule has 1 saturated carbocycles. The number of nitrogens with two attached hydrogens (primary N) is 1. The lowest BCUT2D eigenvalue weighted by atomic mass is 10.1. The van der Waals surface area contributed by atoms with Gasteiger partial charge in [-0.1, -0.05) is 11.6 Å². The molecule has 27 heavy (non-hydrogen) atoms. The van der Waals surface area contributed by atoms with E-state index in [-0.39, 0.29) is 29.3 Å². The highest BCUT2D eigenvalue weighted by molar-refractivity contribution is 7.92. The molecule has 2 unspecified atom stereocenters. The Morgan fingerprint density at radius 1 is 1.44 bits per heavy atom. The third-order valence-corrected chi connectivity index (χ3v) is 7.80. The molecule has 1 heterocycles. The van der Waals surface area contributed by atoms with E-state index in [2.05, 4.69) is 0 Å². The number of hydrogen-bond acceptors (Lipinski definition) is 6. The number of carboxylic acid groups (broad SMARTS) is 1. The molecule has 1 aromatic rings. The number of rotatable bonds is 5. The number of likely N-dealkylation sites (tertiary alicyclic amines) is 1. The number of nitriles is 1. The van der Waals surface area contributed by atoms with Crippen LogP contribution >= 0.6 is 11.6 Å². The summed E-state index contributed by atoms with van der Waals surface area (Å²) in [6, 6.07) is 2.72. The second-order valence-corrected chi connectivity index (χ2v) is 9.30. The van der Waals surface area contributed by atoms with Gasteiger partial charge in [-0.3, -0.25) is 14.5 Å². The maximum Gasteiger partial charge on any atom is 0.320 e. The van der Waals surface area contributed by atoms with Crippen molar-refractivity contribution in [1.82, 2.24) is 4.90 Å². The zero-order chi connectivity index (χ0) is 20.1. The Labute approximate surface area is 159 Å². The second kappa shape index (κ2) is 6.44. The van der Waals surface area contributed by atoms with E-state index in [1.54, 1.807) is 0 Å². The predicted molar refractivity (Wildman–Crippen MR) is 90.8 cm³/mol. The van der Waals surface area contributed by atoms with Crippen molar-refractivity contribution in [3.8, 4) is 6.07 Å². The lowest BCUT2D eigenvalue weighted by Gasteiger charge is -2.22. The average molecular weight is 416 g/mol. The molecule has 1 aliphatic heterocycles. The summed E-state index contributed by atoms with van der Waals surface area (Å²) < 4.78 is 39.0. The van der Waals surface area contributed by atoms with Crippen LogP contribution in [0.1, 0.15) is 12.8 Å². The van der Waals surface area contributed by atoms with Crippen molar-refractivity contribution in [2.24, 2.45) is 11.1 Å². The molecule has 1 saturated heterocycles. The number of nitrogens with zero attached hydrogens (tertiary/aromatic N) is 2. The minimum Gasteiger partial charge on any atom is -0.480 e. The quantitative estimate of drug-likeness (QED) is 0.668. The molecule has 1 aliphatic carbocycles. The molecule has 0 radical (unpaired) electrons. The van der Waals surface area contributed by atoms with Crippen molar-refractivity contribution < 1.29 is 27.5 Å². The Morgan fingerprint density at radius 2 is 2.11 bits per heavy atom. The number of carboxylic acids is 1. The fraction of sp³-hybridized carbons (Fsp3) is 0.438. The van der Waals surface area contributed by atoms with Gasteiger partial charge in [-0.2, -0.15) is 5.26 Å². The normalized spacial score (nSPS) is 30.6. The highest BCUT2D eigenvalue weighted by Crippen LogP contribution is 2.51. The van der Waals surface area contributed by atoms with Gasteiger partial charge >= 0.3 is 5.97 Å². The standard InChI is InChI=1S/C16H15ClFN3O5S/c17-10-3-8(18)1-2-12(10)27(25,26)9-4-11(14(22)23)21(6-9)13-5-16(13,7-19)15(20)24/h1-3,9,11,13H,4-6H2,(H2,20,24)(H,22,23)/t9-,11+,13?,16?/m1/s1. The van der Waals surface area contributed by atoms with E-state index in [9.17, 15) is 32.8 Å². The number of sulfone groups is 1. The Bertz CT molecular complexity index is 979. The number of halogens is 2. The molecule has 2 fully saturated rings. The summed E-state index contributed by atoms with van der Waals surface area (Å²) in [5.74, 6) is -2.83. The van der Waals surface area contributed by atoms with E-state index in [1.165, 1.54) is 4.90 Å². The molecule has 11 heteroatoms. The molecule has 1 aromatic carbocycles. The zero-order valence-corrected chi connectivity index (χ0v) is 15.4. The van der Waals surface area contributed by atoms with Crippen LogP contribution in [-0.2, 0) is 19.4 Å². The second-order valence-electron chi connectivity index (χ2n) is 6.70. The van der Waals surface area contributed by atoms with Crippen molar-refractivity contribution in [3.63, 3.8) is 0 Å². The van der Waals surface area contributed by atoms with Gasteiger partial charge in [0.2, 0.25) is 5.91 Å². The molecule has 0 aromatic heterocycles. The molecule has 8 nitrogen and oxygen atoms in total. The molecular weight excluding hydrogens is 401 g/mol. The minimum absolute atomic E-state index is 0.0483. The summed E-state index contributed by atoms with van der Waals surface area (Å²) in [5, 5.41) is 17.3. The van der Waals surface area contributed by atoms with Crippen molar-refractivity contribution in [2.75, 3.05) is 6.54 Å². The van der Waals surface area contributed by atoms with Gasteiger partial charge in [0.25, 0.3) is 0 Å². The Kier molecular flexibility index (Phi) is 4.66. The van der Waals surface area contributed by atoms with E-state index in [1.807, 2.05) is 6.07 Å². The van der Waals surface area contributed by atoms with Crippen molar-refractivity contribution in [2.45, 2.75) is 35.1 Å². The lowest BCUT2D eigenvalue weighted by molar-refractivity contribution is -0.142. The van der Waals surface area contributed by atoms with Gasteiger partial charge in [-0.25, -0.2) is 12.8 Å². The summed E-state index contributed by atoms with van der Waals surface area (Å²) in [5.41, 5.74) is 3.75. The van der Waals surface area contributed by atoms with Crippen LogP contribution in [0, 0.1) is 22.6 Å². The van der Waals surface area contributed by atoms with Crippen molar-refractivity contribution in [3.05, 3.63) is 29.0 Å². The number of hydrogen-bond donors (Lipinski definition) is 2. The minimum atomic E-state index is -4.06. The number of aliphatic carboxylic acids is 1. The number of amides is 1. The van der Waals surface area contributed by atoms with Crippen molar-refractivity contribution in [1.29, 1.82) is 5.26 Å². The van der Waals surface area contributed by atoms with E-state index in [0.717, 1.165) is 18.2 Å². The van der Waals surface area contributed by atoms with Gasteiger partial charge in [0, 0.05) is 12.6 Å². The summed E-state index contributed by atoms with van der Waals surface area (Å²) in [4.78, 5) is 24.2. The average Bonchev–Trinajstić information content (AvgIpc) is 3.15. The molecular formula is C16H15ClFN3O5S. The third-order valence-electron chi connectivity index (χ3n) is 5.19. The van der Waals surface area contributed by atoms with Crippen LogP contribution in [0.15, 0.2) is 23.1 Å². The topological polar surface area (TPSA) is 142 Å². The molecule has 3 N–H and O–H groups in total. The smallest absolute Gasteiger partial charge is 0.320 e. The van der Waals surface area contributed by atoms with E-state index in [4.69, 9.17) is 17.3 Å². The van der Waals surface area contributed by atoms with Crippen LogP contribution in [0.25, 0.3) is 0 Å². The van der Waals surface area contributed by atoms with Gasteiger partial charge in [0.1, 0.15) is 11.9 Å². The number of primary amides is 1. The van der Waals surface area contributed by atoms with E-state index >= 15 is 0 Å². The van der Waals surface area contributed by atoms with Crippen LogP contribution < -0.4 is 5.73 Å². The maximum absolute atomic E-state index is 13.2. The first-order valence-electron chi connectivity index (χ1n) is 7.93. The van der Waals surface area contributed by atoms with Crippen LogP contribution in [0.2, 0.25) is 5.02 Å². The SMILES string of the molecule is N#CC1(C(N)=O)CC1N1C[C@H](S(=O)(=O)c2ccc(F)cc2Cl)C[C@H]1C(=O)O. The maximum atomic E-state index is 13.2. The first-order chi connectivity index (χ1) is 12.5. The molecule has 2 aliphatic rings. The van der Waals surface area contributed by atoms with Gasteiger partial charge < -0.3 is 10.8 Å². The monoisotopic (exact) mass is 415 g/mol. The fourth-order valence-corrected chi connectivity index (χ4v) is 5.85. The van der Waals surface area contributed by atoms with Gasteiger partial charge in [0.15, 0.2) is 15.3 Å². The van der Waals surface area contributed by atoms with E-state index in [0.29, 0.717) is 0 Å². The summed E-state index contributed by atoms with van der Waals surface area (Å²) in [6.45, 7) is -0.200. The Hall–Kier alpha value is -2.22. The number of benzene rings is 1. The molecule has 3 rings (SSSR count). The summed E-state index contributed by atoms with van der Waals surface area (Å²) in [6.07, 6.45) is -0.200. The largest absolute Gasteiger partial charge is 0.480 e. The third kappa shape index (κ3) is 3.05. The van der Waals surface area contributed by atoms with Crippen molar-refractivity contribution >= 4 is 33.3 Å². The van der Waals surface area contributed by atoms with E-state index < -0.39 is 50.3 Å². The van der Waals surface area contributed by atoms with Crippen LogP contribution in [0.5, 0.6) is 0 Å². The fourth-order valence-electron chi connectivity index (χ4n) is 3.61. The lowest BCUT2D eigenvalue weighted by Crippen LogP contribution is -2.42. The predicted octanol–water partition coefficient (Wildman–Crippen LogP) is 0.548. The van der Waals surface area contributed by atoms with Gasteiger partial charge in [-0.15, -0.1) is 0 Å². The summed E-state index contributed by atoms with van der Waals surface area (Å²) >= 11 is 5.86. The molecule has 144 valence electrons. The first kappa shape index (κ1) is 19.5. The molecule has 1 amide bonds. The molecule has 4 atom stereocenters. The van der Waals surface area contributed by atoms with Crippen LogP contribution in [0.3, 0.4) is 0 Å². The highest BCUT2D eigenvalue weighted by atomic mass is 35.5. The Morgan fingerprint density at radius 3 is 2.59 bits per heavy atom. The highest BCUT2D eigenvalue weighted by Gasteiger charge is 2.66. The Balaban J connectivity index is 1.93. The van der Waals surface area contributed by atoms with Crippen LogP contribution in [0.4, 0.5) is 4.39 Å². The first-order valence-corrected chi connectivity index (χ1v) is 9.85. The van der Waals surface area contributed by atoms with Gasteiger partial charge in [-0.05, 0) is 31.0 Å².